The van der Waals surface area contributed by atoms with Gasteiger partial charge in [-0.2, -0.15) is 0 Å². The van der Waals surface area contributed by atoms with Crippen LogP contribution in [0.15, 0.2) is 24.3 Å². The van der Waals surface area contributed by atoms with Crippen LogP contribution in [0.4, 0.5) is 0 Å². The van der Waals surface area contributed by atoms with Crippen LogP contribution in [0.5, 0.6) is 0 Å². The molecule has 70 valence electrons. The fourth-order valence-corrected chi connectivity index (χ4v) is 1.31. The van der Waals surface area contributed by atoms with Crippen LogP contribution in [0, 0.1) is 0 Å². The van der Waals surface area contributed by atoms with E-state index >= 15 is 0 Å². The van der Waals surface area contributed by atoms with Crippen molar-refractivity contribution in [1.29, 1.82) is 0 Å². The van der Waals surface area contributed by atoms with Gasteiger partial charge in [0.05, 0.1) is 11.0 Å². The molecule has 0 bridgehead atoms. The van der Waals surface area contributed by atoms with E-state index < -0.39 is 0 Å². The SMILES string of the molecule is CC(C)(C)c1nc2ccccc2[nH]1.[HH]. The zero-order valence-corrected chi connectivity index (χ0v) is 8.26. The molecule has 2 nitrogen and oxygen atoms in total. The van der Waals surface area contributed by atoms with E-state index in [1.54, 1.807) is 0 Å². The largest absolute Gasteiger partial charge is 0.342 e. The van der Waals surface area contributed by atoms with Gasteiger partial charge < -0.3 is 4.98 Å². The molecule has 0 aliphatic rings. The average Bonchev–Trinajstić information content (AvgIpc) is 2.45. The van der Waals surface area contributed by atoms with Crippen molar-refractivity contribution in [3.63, 3.8) is 0 Å². The number of H-pyrrole nitrogens is 1. The molecule has 1 aromatic carbocycles. The van der Waals surface area contributed by atoms with Crippen molar-refractivity contribution in [3.8, 4) is 0 Å². The quantitative estimate of drug-likeness (QED) is 0.656. The first-order valence-electron chi connectivity index (χ1n) is 4.52. The standard InChI is InChI=1S/C11H14N2.H2/c1-11(2,3)10-12-8-6-4-5-7-9(8)13-10;/h4-7H,1-3H3,(H,12,13);1H. The molecule has 0 atom stereocenters. The Balaban J connectivity index is 0.000000980. The number of fused-ring (bicyclic) bond motifs is 1. The fraction of sp³-hybridized carbons (Fsp3) is 0.364. The highest BCUT2D eigenvalue weighted by atomic mass is 14.9. The van der Waals surface area contributed by atoms with Gasteiger partial charge in [0.15, 0.2) is 0 Å². The number of aromatic nitrogens is 2. The molecule has 0 amide bonds. The minimum atomic E-state index is 0. The molecule has 0 saturated heterocycles. The van der Waals surface area contributed by atoms with Gasteiger partial charge in [-0.05, 0) is 12.1 Å². The summed E-state index contributed by atoms with van der Waals surface area (Å²) in [5.74, 6) is 1.05. The van der Waals surface area contributed by atoms with Gasteiger partial charge in [0.2, 0.25) is 0 Å². The Labute approximate surface area is 79.5 Å². The van der Waals surface area contributed by atoms with E-state index in [1.807, 2.05) is 18.2 Å². The van der Waals surface area contributed by atoms with Crippen LogP contribution in [-0.4, -0.2) is 9.97 Å². The number of rotatable bonds is 0. The van der Waals surface area contributed by atoms with Crippen molar-refractivity contribution < 1.29 is 1.43 Å². The molecule has 2 aromatic rings. The number of hydrogen-bond acceptors (Lipinski definition) is 1. The Kier molecular flexibility index (Phi) is 1.65. The summed E-state index contributed by atoms with van der Waals surface area (Å²) in [6.45, 7) is 6.47. The molecule has 0 unspecified atom stereocenters. The zero-order chi connectivity index (χ0) is 9.47. The second-order valence-corrected chi connectivity index (χ2v) is 4.35. The lowest BCUT2D eigenvalue weighted by molar-refractivity contribution is 0.554. The molecule has 0 spiro atoms. The number of aromatic amines is 1. The maximum atomic E-state index is 4.53. The van der Waals surface area contributed by atoms with Crippen LogP contribution in [0.3, 0.4) is 0 Å². The summed E-state index contributed by atoms with van der Waals surface area (Å²) < 4.78 is 0. The summed E-state index contributed by atoms with van der Waals surface area (Å²) >= 11 is 0. The molecule has 1 aromatic heterocycles. The van der Waals surface area contributed by atoms with Gasteiger partial charge in [-0.25, -0.2) is 4.98 Å². The van der Waals surface area contributed by atoms with Gasteiger partial charge in [-0.15, -0.1) is 0 Å². The molecule has 13 heavy (non-hydrogen) atoms. The maximum Gasteiger partial charge on any atom is 0.112 e. The fourth-order valence-electron chi connectivity index (χ4n) is 1.31. The first-order valence-corrected chi connectivity index (χ1v) is 4.52. The minimum absolute atomic E-state index is 0. The number of para-hydroxylation sites is 2. The third-order valence-electron chi connectivity index (χ3n) is 2.10. The molecular weight excluding hydrogens is 160 g/mol. The van der Waals surface area contributed by atoms with Gasteiger partial charge >= 0.3 is 0 Å². The third kappa shape index (κ3) is 1.44. The molecule has 0 fully saturated rings. The molecular formula is C11H16N2. The topological polar surface area (TPSA) is 28.7 Å². The van der Waals surface area contributed by atoms with E-state index in [-0.39, 0.29) is 6.84 Å². The van der Waals surface area contributed by atoms with E-state index in [0.29, 0.717) is 0 Å². The first-order chi connectivity index (χ1) is 6.07. The lowest BCUT2D eigenvalue weighted by atomic mass is 9.96. The molecule has 1 heterocycles. The van der Waals surface area contributed by atoms with Crippen molar-refractivity contribution in [1.82, 2.24) is 9.97 Å². The highest BCUT2D eigenvalue weighted by Gasteiger charge is 2.17. The zero-order valence-electron chi connectivity index (χ0n) is 8.26. The number of hydrogen-bond donors (Lipinski definition) is 1. The van der Waals surface area contributed by atoms with Crippen molar-refractivity contribution in [2.75, 3.05) is 0 Å². The van der Waals surface area contributed by atoms with Gasteiger partial charge in [-0.1, -0.05) is 32.9 Å². The van der Waals surface area contributed by atoms with E-state index in [2.05, 4.69) is 36.8 Å². The molecule has 0 aliphatic carbocycles. The molecule has 2 heteroatoms. The summed E-state index contributed by atoms with van der Waals surface area (Å²) in [6.07, 6.45) is 0. The number of nitrogens with one attached hydrogen (secondary N) is 1. The Morgan fingerprint density at radius 2 is 1.92 bits per heavy atom. The predicted molar refractivity (Wildman–Crippen MR) is 56.9 cm³/mol. The highest BCUT2D eigenvalue weighted by molar-refractivity contribution is 5.74. The smallest absolute Gasteiger partial charge is 0.112 e. The summed E-state index contributed by atoms with van der Waals surface area (Å²) in [7, 11) is 0. The summed E-state index contributed by atoms with van der Waals surface area (Å²) in [5.41, 5.74) is 2.26. The van der Waals surface area contributed by atoms with E-state index in [0.717, 1.165) is 16.9 Å². The van der Waals surface area contributed by atoms with Gasteiger partial charge in [0.25, 0.3) is 0 Å². The van der Waals surface area contributed by atoms with Gasteiger partial charge in [0.1, 0.15) is 5.82 Å². The van der Waals surface area contributed by atoms with E-state index in [4.69, 9.17) is 0 Å². The van der Waals surface area contributed by atoms with Crippen molar-refractivity contribution in [2.45, 2.75) is 26.2 Å². The Bertz CT molecular complexity index is 393. The lowest BCUT2D eigenvalue weighted by Gasteiger charge is -2.13. The van der Waals surface area contributed by atoms with E-state index in [9.17, 15) is 0 Å². The van der Waals surface area contributed by atoms with Crippen LogP contribution in [-0.2, 0) is 5.41 Å². The Morgan fingerprint density at radius 3 is 2.54 bits per heavy atom. The molecule has 1 N–H and O–H groups in total. The highest BCUT2D eigenvalue weighted by Crippen LogP contribution is 2.21. The summed E-state index contributed by atoms with van der Waals surface area (Å²) in [4.78, 5) is 7.85. The molecule has 0 aliphatic heterocycles. The van der Waals surface area contributed by atoms with Gasteiger partial charge in [0, 0.05) is 6.84 Å². The number of benzene rings is 1. The Hall–Kier alpha value is -1.31. The van der Waals surface area contributed by atoms with Crippen molar-refractivity contribution >= 4 is 11.0 Å². The van der Waals surface area contributed by atoms with Crippen LogP contribution in [0.2, 0.25) is 0 Å². The van der Waals surface area contributed by atoms with E-state index in [1.165, 1.54) is 0 Å². The van der Waals surface area contributed by atoms with Crippen molar-refractivity contribution in [3.05, 3.63) is 30.1 Å². The molecule has 2 rings (SSSR count). The van der Waals surface area contributed by atoms with Crippen molar-refractivity contribution in [2.24, 2.45) is 0 Å². The summed E-state index contributed by atoms with van der Waals surface area (Å²) in [6, 6.07) is 8.11. The predicted octanol–water partition coefficient (Wildman–Crippen LogP) is 3.11. The lowest BCUT2D eigenvalue weighted by Crippen LogP contribution is -2.12. The second kappa shape index (κ2) is 2.59. The number of imidazole rings is 1. The van der Waals surface area contributed by atoms with Gasteiger partial charge in [-0.3, -0.25) is 0 Å². The van der Waals surface area contributed by atoms with Crippen LogP contribution >= 0.6 is 0 Å². The number of nitrogens with zero attached hydrogens (tertiary/aromatic N) is 1. The summed E-state index contributed by atoms with van der Waals surface area (Å²) in [5, 5.41) is 0. The second-order valence-electron chi connectivity index (χ2n) is 4.35. The van der Waals surface area contributed by atoms with Crippen LogP contribution < -0.4 is 0 Å². The van der Waals surface area contributed by atoms with Crippen LogP contribution in [0.1, 0.15) is 28.0 Å². The molecule has 0 radical (unpaired) electrons. The Morgan fingerprint density at radius 1 is 1.23 bits per heavy atom. The monoisotopic (exact) mass is 176 g/mol. The minimum Gasteiger partial charge on any atom is -0.342 e. The first kappa shape index (κ1) is 8.30. The normalized spacial score (nSPS) is 12.2. The molecule has 0 saturated carbocycles. The average molecular weight is 176 g/mol. The maximum absolute atomic E-state index is 4.53. The van der Waals surface area contributed by atoms with Crippen LogP contribution in [0.25, 0.3) is 11.0 Å². The third-order valence-corrected chi connectivity index (χ3v) is 2.10.